The molecule has 4 nitrogen and oxygen atoms in total. The Morgan fingerprint density at radius 1 is 1.50 bits per heavy atom. The summed E-state index contributed by atoms with van der Waals surface area (Å²) >= 11 is 0. The Morgan fingerprint density at radius 3 is 2.75 bits per heavy atom. The van der Waals surface area contributed by atoms with Crippen LogP contribution in [0.25, 0.3) is 0 Å². The molecule has 4 heteroatoms. The maximum Gasteiger partial charge on any atom is 0.305 e. The molecular weight excluding hydrogens is 158 g/mol. The SMILES string of the molecule is O=C(O)CCONC1CCCC1. The van der Waals surface area contributed by atoms with Gasteiger partial charge in [-0.25, -0.2) is 0 Å². The largest absolute Gasteiger partial charge is 0.481 e. The minimum Gasteiger partial charge on any atom is -0.481 e. The maximum absolute atomic E-state index is 10.1. The normalized spacial score (nSPS) is 18.3. The fourth-order valence-electron chi connectivity index (χ4n) is 1.36. The molecule has 0 amide bonds. The average Bonchev–Trinajstić information content (AvgIpc) is 2.49. The first kappa shape index (κ1) is 9.48. The second-order valence-corrected chi connectivity index (χ2v) is 3.09. The molecule has 70 valence electrons. The van der Waals surface area contributed by atoms with E-state index in [-0.39, 0.29) is 13.0 Å². The number of aliphatic carboxylic acids is 1. The number of carboxylic acids is 1. The number of hydroxylamine groups is 1. The zero-order valence-electron chi connectivity index (χ0n) is 7.08. The van der Waals surface area contributed by atoms with Gasteiger partial charge < -0.3 is 9.94 Å². The molecule has 0 aliphatic heterocycles. The predicted molar refractivity (Wildman–Crippen MR) is 43.6 cm³/mol. The van der Waals surface area contributed by atoms with E-state index in [0.29, 0.717) is 6.04 Å². The van der Waals surface area contributed by atoms with E-state index in [1.807, 2.05) is 0 Å². The smallest absolute Gasteiger partial charge is 0.305 e. The molecule has 0 atom stereocenters. The lowest BCUT2D eigenvalue weighted by Crippen LogP contribution is -2.27. The third-order valence-electron chi connectivity index (χ3n) is 2.02. The first-order valence-electron chi connectivity index (χ1n) is 4.38. The van der Waals surface area contributed by atoms with Crippen LogP contribution in [0.3, 0.4) is 0 Å². The van der Waals surface area contributed by atoms with Crippen LogP contribution in [0.1, 0.15) is 32.1 Å². The molecule has 1 aliphatic rings. The van der Waals surface area contributed by atoms with Gasteiger partial charge in [-0.3, -0.25) is 4.79 Å². The van der Waals surface area contributed by atoms with Crippen molar-refractivity contribution in [2.75, 3.05) is 6.61 Å². The van der Waals surface area contributed by atoms with Crippen LogP contribution in [0.2, 0.25) is 0 Å². The minimum absolute atomic E-state index is 0.0692. The topological polar surface area (TPSA) is 58.6 Å². The van der Waals surface area contributed by atoms with Crippen LogP contribution in [0.15, 0.2) is 0 Å². The summed E-state index contributed by atoms with van der Waals surface area (Å²) in [5.74, 6) is -0.816. The summed E-state index contributed by atoms with van der Waals surface area (Å²) < 4.78 is 0. The predicted octanol–water partition coefficient (Wildman–Crippen LogP) is 0.925. The summed E-state index contributed by atoms with van der Waals surface area (Å²) in [6, 6.07) is 0.443. The Bertz CT molecular complexity index is 143. The maximum atomic E-state index is 10.1. The summed E-state index contributed by atoms with van der Waals surface area (Å²) in [6.07, 6.45) is 4.86. The Labute approximate surface area is 71.9 Å². The van der Waals surface area contributed by atoms with Crippen molar-refractivity contribution in [2.24, 2.45) is 0 Å². The molecule has 12 heavy (non-hydrogen) atoms. The van der Waals surface area contributed by atoms with Crippen molar-refractivity contribution in [1.29, 1.82) is 0 Å². The van der Waals surface area contributed by atoms with Crippen LogP contribution in [0, 0.1) is 0 Å². The van der Waals surface area contributed by atoms with Gasteiger partial charge in [0.2, 0.25) is 0 Å². The lowest BCUT2D eigenvalue weighted by atomic mass is 10.3. The molecule has 0 spiro atoms. The van der Waals surface area contributed by atoms with Gasteiger partial charge in [-0.05, 0) is 12.8 Å². The van der Waals surface area contributed by atoms with Crippen molar-refractivity contribution in [3.05, 3.63) is 0 Å². The monoisotopic (exact) mass is 173 g/mol. The number of rotatable bonds is 5. The zero-order chi connectivity index (χ0) is 8.81. The molecule has 1 saturated carbocycles. The molecule has 2 N–H and O–H groups in total. The van der Waals surface area contributed by atoms with Gasteiger partial charge in [0.05, 0.1) is 13.0 Å². The third kappa shape index (κ3) is 3.69. The molecule has 0 aromatic rings. The molecule has 1 rings (SSSR count). The second-order valence-electron chi connectivity index (χ2n) is 3.09. The number of hydrogen-bond donors (Lipinski definition) is 2. The van der Waals surface area contributed by atoms with E-state index >= 15 is 0 Å². The minimum atomic E-state index is -0.816. The van der Waals surface area contributed by atoms with Gasteiger partial charge in [-0.15, -0.1) is 0 Å². The Hall–Kier alpha value is -0.610. The summed E-state index contributed by atoms with van der Waals surface area (Å²) in [7, 11) is 0. The van der Waals surface area contributed by atoms with Crippen LogP contribution in [0.4, 0.5) is 0 Å². The quantitative estimate of drug-likeness (QED) is 0.479. The standard InChI is InChI=1S/C8H15NO3/c10-8(11)5-6-12-9-7-3-1-2-4-7/h7,9H,1-6H2,(H,10,11). The molecular formula is C8H15NO3. The van der Waals surface area contributed by atoms with Crippen molar-refractivity contribution in [3.8, 4) is 0 Å². The van der Waals surface area contributed by atoms with Crippen LogP contribution in [-0.4, -0.2) is 23.7 Å². The van der Waals surface area contributed by atoms with E-state index in [1.165, 1.54) is 12.8 Å². The van der Waals surface area contributed by atoms with Crippen LogP contribution >= 0.6 is 0 Å². The fraction of sp³-hybridized carbons (Fsp3) is 0.875. The van der Waals surface area contributed by atoms with E-state index in [2.05, 4.69) is 5.48 Å². The summed E-state index contributed by atoms with van der Waals surface area (Å²) in [4.78, 5) is 15.1. The average molecular weight is 173 g/mol. The van der Waals surface area contributed by atoms with Gasteiger partial charge in [0.1, 0.15) is 0 Å². The molecule has 0 heterocycles. The van der Waals surface area contributed by atoms with Gasteiger partial charge in [0, 0.05) is 6.04 Å². The molecule has 0 aromatic heterocycles. The van der Waals surface area contributed by atoms with Crippen molar-refractivity contribution in [3.63, 3.8) is 0 Å². The number of hydrogen-bond acceptors (Lipinski definition) is 3. The van der Waals surface area contributed by atoms with Crippen LogP contribution < -0.4 is 5.48 Å². The van der Waals surface area contributed by atoms with E-state index in [1.54, 1.807) is 0 Å². The Kier molecular flexibility index (Phi) is 4.04. The molecule has 1 aliphatic carbocycles. The highest BCUT2D eigenvalue weighted by Crippen LogP contribution is 2.17. The molecule has 1 fully saturated rings. The summed E-state index contributed by atoms with van der Waals surface area (Å²) in [5.41, 5.74) is 2.87. The summed E-state index contributed by atoms with van der Waals surface area (Å²) in [5, 5.41) is 8.30. The van der Waals surface area contributed by atoms with Gasteiger partial charge in [0.25, 0.3) is 0 Å². The van der Waals surface area contributed by atoms with Gasteiger partial charge in [-0.2, -0.15) is 5.48 Å². The van der Waals surface area contributed by atoms with Crippen molar-refractivity contribution in [2.45, 2.75) is 38.1 Å². The number of carbonyl (C=O) groups is 1. The Balaban J connectivity index is 1.91. The van der Waals surface area contributed by atoms with Crippen LogP contribution in [0.5, 0.6) is 0 Å². The first-order chi connectivity index (χ1) is 5.79. The molecule has 0 saturated heterocycles. The van der Waals surface area contributed by atoms with E-state index in [4.69, 9.17) is 9.94 Å². The molecule has 0 bridgehead atoms. The first-order valence-corrected chi connectivity index (χ1v) is 4.38. The number of nitrogens with one attached hydrogen (secondary N) is 1. The third-order valence-corrected chi connectivity index (χ3v) is 2.02. The van der Waals surface area contributed by atoms with Crippen molar-refractivity contribution >= 4 is 5.97 Å². The second kappa shape index (κ2) is 5.11. The lowest BCUT2D eigenvalue weighted by Gasteiger charge is -2.10. The highest BCUT2D eigenvalue weighted by atomic mass is 16.6. The lowest BCUT2D eigenvalue weighted by molar-refractivity contribution is -0.139. The van der Waals surface area contributed by atoms with Crippen molar-refractivity contribution < 1.29 is 14.7 Å². The van der Waals surface area contributed by atoms with Crippen LogP contribution in [-0.2, 0) is 9.63 Å². The molecule has 0 radical (unpaired) electrons. The van der Waals surface area contributed by atoms with E-state index < -0.39 is 5.97 Å². The van der Waals surface area contributed by atoms with E-state index in [9.17, 15) is 4.79 Å². The fourth-order valence-corrected chi connectivity index (χ4v) is 1.36. The van der Waals surface area contributed by atoms with Gasteiger partial charge >= 0.3 is 5.97 Å². The van der Waals surface area contributed by atoms with Gasteiger partial charge in [0.15, 0.2) is 0 Å². The highest BCUT2D eigenvalue weighted by Gasteiger charge is 2.14. The zero-order valence-corrected chi connectivity index (χ0v) is 7.08. The van der Waals surface area contributed by atoms with Gasteiger partial charge in [-0.1, -0.05) is 12.8 Å². The molecule has 0 aromatic carbocycles. The Morgan fingerprint density at radius 2 is 2.17 bits per heavy atom. The van der Waals surface area contributed by atoms with E-state index in [0.717, 1.165) is 12.8 Å². The summed E-state index contributed by atoms with van der Waals surface area (Å²) in [6.45, 7) is 0.256. The highest BCUT2D eigenvalue weighted by molar-refractivity contribution is 5.66. The van der Waals surface area contributed by atoms with Crippen molar-refractivity contribution in [1.82, 2.24) is 5.48 Å². The molecule has 0 unspecified atom stereocenters. The number of carboxylic acid groups (broad SMARTS) is 1.